The molecule has 174 valence electrons. The maximum absolute atomic E-state index is 13.2. The Kier molecular flexibility index (Phi) is 14.4. The van der Waals surface area contributed by atoms with Crippen molar-refractivity contribution in [1.29, 1.82) is 0 Å². The molecule has 0 aliphatic heterocycles. The number of benzene rings is 2. The summed E-state index contributed by atoms with van der Waals surface area (Å²) in [5, 5.41) is 29.6. The average Bonchev–Trinajstić information content (AvgIpc) is 2.72. The van der Waals surface area contributed by atoms with Crippen LogP contribution in [0.2, 0.25) is 0 Å². The van der Waals surface area contributed by atoms with Crippen LogP contribution in [0.4, 0.5) is 20.2 Å². The van der Waals surface area contributed by atoms with Gasteiger partial charge in [-0.1, -0.05) is 37.1 Å². The van der Waals surface area contributed by atoms with Crippen LogP contribution in [-0.4, -0.2) is 20.7 Å². The van der Waals surface area contributed by atoms with Gasteiger partial charge in [-0.2, -0.15) is 8.78 Å². The van der Waals surface area contributed by atoms with Crippen LogP contribution in [0.25, 0.3) is 0 Å². The molecule has 0 fully saturated rings. The lowest BCUT2D eigenvalue weighted by Gasteiger charge is -2.04. The van der Waals surface area contributed by atoms with E-state index in [0.29, 0.717) is 0 Å². The summed E-state index contributed by atoms with van der Waals surface area (Å²) in [5.41, 5.74) is 7.93. The highest BCUT2D eigenvalue weighted by Gasteiger charge is 2.20. The molecule has 0 aliphatic rings. The molecular weight excluding hydrogens is 438 g/mol. The number of carbonyl (C=O) groups is 1. The molecule has 2 aromatic carbocycles. The molecule has 1 atom stereocenters. The first-order chi connectivity index (χ1) is 15.0. The number of hydrogen-bond donors (Lipinski definition) is 1. The Morgan fingerprint density at radius 3 is 1.76 bits per heavy atom. The number of carbonyl (C=O) groups excluding carboxylic acids is 1. The number of nitro benzene ring substituents is 2. The highest BCUT2D eigenvalue weighted by molar-refractivity contribution is 5.94. The summed E-state index contributed by atoms with van der Waals surface area (Å²) in [4.78, 5) is 29.6. The number of Topliss-reactive ketones (excluding diaryl/α,β-unsaturated/α-hetero) is 1. The molecule has 0 aromatic heterocycles. The minimum Gasteiger partial charge on any atom is -0.389 e. The van der Waals surface area contributed by atoms with E-state index in [1.807, 2.05) is 0 Å². The Hall–Kier alpha value is -4.41. The number of hydrogen-bond acceptors (Lipinski definition) is 6. The normalized spacial score (nSPS) is 9.36. The van der Waals surface area contributed by atoms with Gasteiger partial charge in [-0.15, -0.1) is 0 Å². The first kappa shape index (κ1) is 30.8. The molecule has 2 rings (SSSR count). The van der Waals surface area contributed by atoms with Crippen LogP contribution in [0.3, 0.4) is 0 Å². The Morgan fingerprint density at radius 1 is 0.970 bits per heavy atom. The second-order valence-corrected chi connectivity index (χ2v) is 5.67. The molecule has 0 spiro atoms. The molecule has 2 aromatic rings. The zero-order chi connectivity index (χ0) is 24.8. The van der Waals surface area contributed by atoms with Crippen molar-refractivity contribution in [2.24, 2.45) is 0 Å². The van der Waals surface area contributed by atoms with Crippen LogP contribution >= 0.6 is 0 Å². The van der Waals surface area contributed by atoms with E-state index in [1.54, 1.807) is 0 Å². The average molecular weight is 460 g/mol. The van der Waals surface area contributed by atoms with Gasteiger partial charge >= 0.3 is 11.4 Å². The van der Waals surface area contributed by atoms with Gasteiger partial charge in [-0.3, -0.25) is 25.0 Å². The Bertz CT molecular complexity index is 1100. The van der Waals surface area contributed by atoms with E-state index < -0.39 is 44.7 Å². The first-order valence-electron chi connectivity index (χ1n) is 8.58. The molecule has 0 aliphatic carbocycles. The molecule has 0 saturated heterocycles. The van der Waals surface area contributed by atoms with E-state index in [2.05, 4.69) is 36.1 Å². The fraction of sp³-hybridized carbons (Fsp3) is 0.174. The van der Waals surface area contributed by atoms with Crippen molar-refractivity contribution in [3.05, 3.63) is 115 Å². The van der Waals surface area contributed by atoms with Crippen LogP contribution < -0.4 is 0 Å². The SMILES string of the molecule is C.C=C=C=C=C=C.CC(=O)c1cccc([N+](=O)[O-])c1F.C[C@@H](O)c1cccc([N+](=O)[O-])c1F. The number of ketones is 1. The van der Waals surface area contributed by atoms with Crippen LogP contribution in [0.5, 0.6) is 0 Å². The van der Waals surface area contributed by atoms with Crippen LogP contribution in [0.1, 0.15) is 43.3 Å². The summed E-state index contributed by atoms with van der Waals surface area (Å²) < 4.78 is 26.3. The largest absolute Gasteiger partial charge is 0.389 e. The lowest BCUT2D eigenvalue weighted by Crippen LogP contribution is -2.00. The van der Waals surface area contributed by atoms with Gasteiger partial charge in [-0.25, -0.2) is 0 Å². The van der Waals surface area contributed by atoms with Crippen molar-refractivity contribution in [1.82, 2.24) is 0 Å². The molecule has 0 heterocycles. The standard InChI is InChI=1S/C8H8FNO3.C8H6FNO3.C6H4.CH4/c2*1-5(11)6-3-2-4-7(8(6)9)10(12)13;1-3-5-6-4-2;/h2-5,11H,1H3;2-4H,1H3;1-2H2;1H4/t5-;;;/m1.../s1. The third-order valence-corrected chi connectivity index (χ3v) is 3.45. The van der Waals surface area contributed by atoms with Gasteiger partial charge in [0.25, 0.3) is 0 Å². The fourth-order valence-corrected chi connectivity index (χ4v) is 2.02. The minimum atomic E-state index is -1.07. The second-order valence-electron chi connectivity index (χ2n) is 5.67. The van der Waals surface area contributed by atoms with Crippen molar-refractivity contribution in [2.45, 2.75) is 27.4 Å². The van der Waals surface area contributed by atoms with Crippen LogP contribution in [-0.2, 0) is 0 Å². The maximum atomic E-state index is 13.2. The molecule has 0 saturated carbocycles. The maximum Gasteiger partial charge on any atom is 0.305 e. The van der Waals surface area contributed by atoms with Gasteiger partial charge in [0.1, 0.15) is 0 Å². The summed E-state index contributed by atoms with van der Waals surface area (Å²) in [5.74, 6) is -2.57. The fourth-order valence-electron chi connectivity index (χ4n) is 2.02. The zero-order valence-corrected chi connectivity index (χ0v) is 17.1. The summed E-state index contributed by atoms with van der Waals surface area (Å²) in [7, 11) is 0. The van der Waals surface area contributed by atoms with Gasteiger partial charge in [0.05, 0.1) is 21.5 Å². The molecule has 0 bridgehead atoms. The van der Waals surface area contributed by atoms with Gasteiger partial charge < -0.3 is 5.11 Å². The van der Waals surface area contributed by atoms with E-state index in [0.717, 1.165) is 19.1 Å². The third kappa shape index (κ3) is 9.96. The van der Waals surface area contributed by atoms with Gasteiger partial charge in [-0.05, 0) is 44.5 Å². The highest BCUT2D eigenvalue weighted by atomic mass is 19.1. The lowest BCUT2D eigenvalue weighted by atomic mass is 10.1. The molecule has 0 unspecified atom stereocenters. The van der Waals surface area contributed by atoms with Gasteiger partial charge in [0.2, 0.25) is 11.6 Å². The number of halogens is 2. The Morgan fingerprint density at radius 2 is 1.39 bits per heavy atom. The minimum absolute atomic E-state index is 0. The monoisotopic (exact) mass is 460 g/mol. The number of nitrogens with zero attached hydrogens (tertiary/aromatic N) is 2. The third-order valence-electron chi connectivity index (χ3n) is 3.45. The van der Waals surface area contributed by atoms with E-state index in [9.17, 15) is 33.8 Å². The van der Waals surface area contributed by atoms with E-state index in [4.69, 9.17) is 5.11 Å². The molecule has 10 heteroatoms. The van der Waals surface area contributed by atoms with E-state index in [1.165, 1.54) is 31.2 Å². The number of rotatable bonds is 4. The summed E-state index contributed by atoms with van der Waals surface area (Å²) in [6.07, 6.45) is -1.04. The Balaban J connectivity index is 0. The van der Waals surface area contributed by atoms with E-state index in [-0.39, 0.29) is 18.6 Å². The van der Waals surface area contributed by atoms with Crippen LogP contribution in [0, 0.1) is 31.9 Å². The first-order valence-corrected chi connectivity index (χ1v) is 8.58. The molecule has 0 radical (unpaired) electrons. The second kappa shape index (κ2) is 15.4. The van der Waals surface area contributed by atoms with Gasteiger partial charge in [0, 0.05) is 17.7 Å². The van der Waals surface area contributed by atoms with Crippen molar-refractivity contribution in [3.63, 3.8) is 0 Å². The van der Waals surface area contributed by atoms with Crippen LogP contribution in [0.15, 0.2) is 72.5 Å². The van der Waals surface area contributed by atoms with Crippen molar-refractivity contribution in [3.8, 4) is 0 Å². The highest BCUT2D eigenvalue weighted by Crippen LogP contribution is 2.24. The summed E-state index contributed by atoms with van der Waals surface area (Å²) >= 11 is 0. The topological polar surface area (TPSA) is 124 Å². The quantitative estimate of drug-likeness (QED) is 0.267. The zero-order valence-electron chi connectivity index (χ0n) is 17.1. The number of aliphatic hydroxyl groups is 1. The van der Waals surface area contributed by atoms with E-state index >= 15 is 0 Å². The Labute approximate surface area is 189 Å². The number of aliphatic hydroxyl groups excluding tert-OH is 1. The molecule has 33 heavy (non-hydrogen) atoms. The smallest absolute Gasteiger partial charge is 0.305 e. The predicted octanol–water partition coefficient (Wildman–Crippen LogP) is 5.78. The molecular formula is C23H22F2N2O6. The molecule has 8 nitrogen and oxygen atoms in total. The number of nitro groups is 2. The molecule has 1 N–H and O–H groups in total. The summed E-state index contributed by atoms with van der Waals surface area (Å²) in [6, 6.07) is 7.21. The predicted molar refractivity (Wildman–Crippen MR) is 119 cm³/mol. The molecule has 0 amide bonds. The van der Waals surface area contributed by atoms with Crippen molar-refractivity contribution >= 4 is 17.2 Å². The lowest BCUT2D eigenvalue weighted by molar-refractivity contribution is -0.387. The van der Waals surface area contributed by atoms with Gasteiger partial charge in [0.15, 0.2) is 5.78 Å². The summed E-state index contributed by atoms with van der Waals surface area (Å²) in [6.45, 7) is 8.97. The van der Waals surface area contributed by atoms with Crippen molar-refractivity contribution in [2.75, 3.05) is 0 Å². The van der Waals surface area contributed by atoms with Crippen molar-refractivity contribution < 1.29 is 28.5 Å².